The van der Waals surface area contributed by atoms with E-state index in [4.69, 9.17) is 4.74 Å². The number of hydrogen-bond acceptors (Lipinski definition) is 5. The number of likely N-dealkylation sites (tertiary alicyclic amines) is 1. The molecule has 2 aliphatic heterocycles. The van der Waals surface area contributed by atoms with E-state index in [0.717, 1.165) is 42.6 Å². The first kappa shape index (κ1) is 13.2. The van der Waals surface area contributed by atoms with Gasteiger partial charge in [-0.05, 0) is 25.7 Å². The third kappa shape index (κ3) is 1.94. The van der Waals surface area contributed by atoms with Crippen LogP contribution in [0.5, 0.6) is 0 Å². The van der Waals surface area contributed by atoms with Crippen molar-refractivity contribution in [1.82, 2.24) is 30.1 Å². The molecule has 120 valence electrons. The smallest absolute Gasteiger partial charge is 0.274 e. The maximum Gasteiger partial charge on any atom is 0.274 e. The summed E-state index contributed by atoms with van der Waals surface area (Å²) in [5.41, 5.74) is 3.81. The Morgan fingerprint density at radius 1 is 1.39 bits per heavy atom. The number of ether oxygens (including phenoxy) is 1. The molecule has 2 aromatic rings. The van der Waals surface area contributed by atoms with Gasteiger partial charge in [-0.3, -0.25) is 9.89 Å². The topological polar surface area (TPSA) is 88.9 Å². The third-order valence-electron chi connectivity index (χ3n) is 5.22. The van der Waals surface area contributed by atoms with Crippen LogP contribution in [0.4, 0.5) is 0 Å². The van der Waals surface area contributed by atoms with E-state index in [1.807, 2.05) is 9.58 Å². The number of hydrogen-bond donors (Lipinski definition) is 1. The zero-order valence-electron chi connectivity index (χ0n) is 12.7. The van der Waals surface area contributed by atoms with E-state index in [1.54, 1.807) is 6.20 Å². The average molecular weight is 314 g/mol. The van der Waals surface area contributed by atoms with Gasteiger partial charge < -0.3 is 9.64 Å². The lowest BCUT2D eigenvalue weighted by Crippen LogP contribution is -2.50. The summed E-state index contributed by atoms with van der Waals surface area (Å²) < 4.78 is 7.82. The summed E-state index contributed by atoms with van der Waals surface area (Å²) in [7, 11) is 0. The van der Waals surface area contributed by atoms with Crippen molar-refractivity contribution < 1.29 is 9.53 Å². The number of aromatic nitrogens is 5. The molecule has 1 N–H and O–H groups in total. The van der Waals surface area contributed by atoms with Crippen molar-refractivity contribution >= 4 is 5.91 Å². The van der Waals surface area contributed by atoms with E-state index in [2.05, 4.69) is 20.5 Å². The largest absolute Gasteiger partial charge is 0.370 e. The summed E-state index contributed by atoms with van der Waals surface area (Å²) in [6.45, 7) is 1.85. The Bertz CT molecular complexity index is 766. The van der Waals surface area contributed by atoms with E-state index >= 15 is 0 Å². The van der Waals surface area contributed by atoms with Crippen molar-refractivity contribution in [2.24, 2.45) is 0 Å². The molecule has 1 saturated heterocycles. The zero-order valence-corrected chi connectivity index (χ0v) is 12.7. The van der Waals surface area contributed by atoms with Crippen molar-refractivity contribution in [3.8, 4) is 0 Å². The predicted octanol–water partition coefficient (Wildman–Crippen LogP) is 0.476. The molecular weight excluding hydrogens is 296 g/mol. The minimum absolute atomic E-state index is 0.0232. The maximum absolute atomic E-state index is 12.9. The summed E-state index contributed by atoms with van der Waals surface area (Å²) in [6.07, 6.45) is 5.71. The zero-order chi connectivity index (χ0) is 15.4. The second-order valence-corrected chi connectivity index (χ2v) is 6.51. The molecule has 2 atom stereocenters. The van der Waals surface area contributed by atoms with Gasteiger partial charge in [0.05, 0.1) is 30.6 Å². The number of rotatable bonds is 1. The number of nitrogens with one attached hydrogen (secondary N) is 1. The first-order chi connectivity index (χ1) is 11.3. The second kappa shape index (κ2) is 4.89. The van der Waals surface area contributed by atoms with Crippen molar-refractivity contribution in [3.63, 3.8) is 0 Å². The fourth-order valence-electron chi connectivity index (χ4n) is 4.01. The summed E-state index contributed by atoms with van der Waals surface area (Å²) in [5, 5.41) is 15.4. The third-order valence-corrected chi connectivity index (χ3v) is 5.22. The molecule has 8 nitrogen and oxygen atoms in total. The summed E-state index contributed by atoms with van der Waals surface area (Å²) in [4.78, 5) is 14.8. The van der Waals surface area contributed by atoms with Crippen molar-refractivity contribution in [1.29, 1.82) is 0 Å². The highest BCUT2D eigenvalue weighted by atomic mass is 16.5. The summed E-state index contributed by atoms with van der Waals surface area (Å²) >= 11 is 0. The van der Waals surface area contributed by atoms with E-state index in [9.17, 15) is 4.79 Å². The number of fused-ring (bicyclic) bond motifs is 4. The molecular formula is C15H18N6O2. The number of carbonyl (C=O) groups excluding carboxylic acids is 1. The van der Waals surface area contributed by atoms with Crippen LogP contribution in [0.3, 0.4) is 0 Å². The molecule has 1 amide bonds. The second-order valence-electron chi connectivity index (χ2n) is 6.51. The van der Waals surface area contributed by atoms with Crippen molar-refractivity contribution in [2.75, 3.05) is 13.1 Å². The minimum Gasteiger partial charge on any atom is -0.370 e. The molecule has 0 saturated carbocycles. The van der Waals surface area contributed by atoms with Gasteiger partial charge >= 0.3 is 0 Å². The SMILES string of the molecule is O=C(c1n[nH]c2c1CCC2)N1CC[C@@H]2OCc3cnnn3[C@H]2C1. The van der Waals surface area contributed by atoms with Crippen LogP contribution in [-0.4, -0.2) is 55.2 Å². The molecule has 0 aromatic carbocycles. The average Bonchev–Trinajstić information content (AvgIpc) is 3.29. The molecule has 0 bridgehead atoms. The van der Waals surface area contributed by atoms with Crippen LogP contribution in [0.15, 0.2) is 6.20 Å². The Hall–Kier alpha value is -2.22. The van der Waals surface area contributed by atoms with Gasteiger partial charge in [-0.15, -0.1) is 5.10 Å². The van der Waals surface area contributed by atoms with Gasteiger partial charge in [-0.2, -0.15) is 5.10 Å². The molecule has 3 aliphatic rings. The fourth-order valence-corrected chi connectivity index (χ4v) is 4.01. The number of aryl methyl sites for hydroxylation is 1. The van der Waals surface area contributed by atoms with Crippen LogP contribution in [0, 0.1) is 0 Å². The lowest BCUT2D eigenvalue weighted by molar-refractivity contribution is -0.0605. The quantitative estimate of drug-likeness (QED) is 0.827. The van der Waals surface area contributed by atoms with Gasteiger partial charge in [-0.1, -0.05) is 5.21 Å². The molecule has 4 heterocycles. The highest BCUT2D eigenvalue weighted by Crippen LogP contribution is 2.31. The van der Waals surface area contributed by atoms with Crippen molar-refractivity contribution in [2.45, 2.75) is 44.4 Å². The van der Waals surface area contributed by atoms with Crippen LogP contribution in [0.1, 0.15) is 46.3 Å². The van der Waals surface area contributed by atoms with Gasteiger partial charge in [0.2, 0.25) is 0 Å². The highest BCUT2D eigenvalue weighted by Gasteiger charge is 2.39. The number of aromatic amines is 1. The lowest BCUT2D eigenvalue weighted by Gasteiger charge is -2.40. The predicted molar refractivity (Wildman–Crippen MR) is 78.8 cm³/mol. The minimum atomic E-state index is 0.0232. The van der Waals surface area contributed by atoms with Gasteiger partial charge in [0, 0.05) is 24.3 Å². The van der Waals surface area contributed by atoms with Crippen molar-refractivity contribution in [3.05, 3.63) is 28.8 Å². The van der Waals surface area contributed by atoms with Crippen LogP contribution in [0.2, 0.25) is 0 Å². The molecule has 8 heteroatoms. The van der Waals surface area contributed by atoms with Crippen LogP contribution in [0.25, 0.3) is 0 Å². The standard InChI is InChI=1S/C15H18N6O2/c22-15(14-10-2-1-3-11(10)17-18-14)20-5-4-13-12(7-20)21-9(8-23-13)6-16-19-21/h6,12-13H,1-5,7-8H2,(H,17,18)/t12-,13-/m0/s1. The monoisotopic (exact) mass is 314 g/mol. The maximum atomic E-state index is 12.9. The Balaban J connectivity index is 1.42. The normalized spacial score (nSPS) is 25.8. The Labute approximate surface area is 132 Å². The number of nitrogens with zero attached hydrogens (tertiary/aromatic N) is 5. The molecule has 0 spiro atoms. The summed E-state index contributed by atoms with van der Waals surface area (Å²) in [5.74, 6) is 0.0232. The Kier molecular flexibility index (Phi) is 2.81. The van der Waals surface area contributed by atoms with E-state index in [0.29, 0.717) is 25.4 Å². The Morgan fingerprint density at radius 2 is 2.35 bits per heavy atom. The molecule has 1 aliphatic carbocycles. The summed E-state index contributed by atoms with van der Waals surface area (Å²) in [6, 6.07) is 0.0472. The molecule has 2 aromatic heterocycles. The van der Waals surface area contributed by atoms with Crippen LogP contribution >= 0.6 is 0 Å². The van der Waals surface area contributed by atoms with Gasteiger partial charge in [0.1, 0.15) is 0 Å². The van der Waals surface area contributed by atoms with Gasteiger partial charge in [-0.25, -0.2) is 4.68 Å². The van der Waals surface area contributed by atoms with Gasteiger partial charge in [0.15, 0.2) is 5.69 Å². The first-order valence-electron chi connectivity index (χ1n) is 8.17. The Morgan fingerprint density at radius 3 is 3.30 bits per heavy atom. The molecule has 0 radical (unpaired) electrons. The number of piperidine rings is 1. The molecule has 0 unspecified atom stereocenters. The lowest BCUT2D eigenvalue weighted by atomic mass is 9.99. The number of amides is 1. The van der Waals surface area contributed by atoms with E-state index in [1.165, 1.54) is 0 Å². The van der Waals surface area contributed by atoms with E-state index in [-0.39, 0.29) is 18.1 Å². The fraction of sp³-hybridized carbons (Fsp3) is 0.600. The molecule has 23 heavy (non-hydrogen) atoms. The highest BCUT2D eigenvalue weighted by molar-refractivity contribution is 5.94. The van der Waals surface area contributed by atoms with E-state index < -0.39 is 0 Å². The number of H-pyrrole nitrogens is 1. The van der Waals surface area contributed by atoms with Crippen LogP contribution in [-0.2, 0) is 24.2 Å². The molecule has 5 rings (SSSR count). The molecule has 1 fully saturated rings. The van der Waals surface area contributed by atoms with Crippen LogP contribution < -0.4 is 0 Å². The first-order valence-corrected chi connectivity index (χ1v) is 8.17. The number of carbonyl (C=O) groups is 1. The van der Waals surface area contributed by atoms with Gasteiger partial charge in [0.25, 0.3) is 5.91 Å².